The maximum atomic E-state index is 9.03. The lowest BCUT2D eigenvalue weighted by Gasteiger charge is -2.25. The van der Waals surface area contributed by atoms with E-state index in [0.29, 0.717) is 0 Å². The molecule has 0 saturated carbocycles. The summed E-state index contributed by atoms with van der Waals surface area (Å²) >= 11 is 0. The van der Waals surface area contributed by atoms with Crippen molar-refractivity contribution in [2.75, 3.05) is 42.9 Å². The molecule has 0 atom stereocenters. The Morgan fingerprint density at radius 1 is 0.364 bits per heavy atom. The van der Waals surface area contributed by atoms with Crippen molar-refractivity contribution in [3.05, 3.63) is 190 Å². The molecular weight excluding hydrogens is 671 g/mol. The molecule has 55 heavy (non-hydrogen) atoms. The lowest BCUT2D eigenvalue weighted by atomic mass is 10.1. The number of anilines is 5. The van der Waals surface area contributed by atoms with Gasteiger partial charge in [0.25, 0.3) is 0 Å². The van der Waals surface area contributed by atoms with Crippen LogP contribution in [0.1, 0.15) is 38.9 Å². The molecule has 6 rings (SSSR count). The maximum absolute atomic E-state index is 9.03. The third kappa shape index (κ3) is 9.92. The van der Waals surface area contributed by atoms with Gasteiger partial charge in [0.2, 0.25) is 0 Å². The van der Waals surface area contributed by atoms with Gasteiger partial charge in [-0.3, -0.25) is 0 Å². The van der Waals surface area contributed by atoms with Crippen molar-refractivity contribution in [2.24, 2.45) is 0 Å². The van der Waals surface area contributed by atoms with Crippen molar-refractivity contribution in [2.45, 2.75) is 0 Å². The van der Waals surface area contributed by atoms with Crippen LogP contribution in [0.4, 0.5) is 28.4 Å². The molecule has 5 heteroatoms. The van der Waals surface area contributed by atoms with E-state index >= 15 is 0 Å². The number of rotatable bonds is 6. The number of nitrogens with zero attached hydrogens (tertiary/aromatic N) is 5. The van der Waals surface area contributed by atoms with Crippen LogP contribution >= 0.6 is 0 Å². The summed E-state index contributed by atoms with van der Waals surface area (Å²) in [7, 11) is 8.10. The number of allylic oxidation sites excluding steroid dienone is 1. The summed E-state index contributed by atoms with van der Waals surface area (Å²) in [6, 6.07) is 52.4. The van der Waals surface area contributed by atoms with Gasteiger partial charge in [-0.15, -0.1) is 0 Å². The predicted octanol–water partition coefficient (Wildman–Crippen LogP) is 9.92. The Kier molecular flexibility index (Phi) is 11.8. The van der Waals surface area contributed by atoms with E-state index in [1.54, 1.807) is 6.08 Å². The smallest absolute Gasteiger partial charge is 0.130 e. The molecule has 0 amide bonds. The van der Waals surface area contributed by atoms with Crippen LogP contribution in [0.2, 0.25) is 0 Å². The highest BCUT2D eigenvalue weighted by molar-refractivity contribution is 5.77. The molecule has 0 unspecified atom stereocenters. The molecule has 5 nitrogen and oxygen atoms in total. The zero-order valence-corrected chi connectivity index (χ0v) is 31.2. The Labute approximate surface area is 324 Å². The third-order valence-electron chi connectivity index (χ3n) is 8.66. The first-order valence-corrected chi connectivity index (χ1v) is 17.6. The lowest BCUT2D eigenvalue weighted by molar-refractivity contribution is 1.13. The van der Waals surface area contributed by atoms with Crippen molar-refractivity contribution < 1.29 is 0 Å². The molecule has 6 aromatic rings. The van der Waals surface area contributed by atoms with Crippen molar-refractivity contribution in [3.8, 4) is 47.7 Å². The minimum Gasteiger partial charge on any atom is -0.378 e. The second-order valence-electron chi connectivity index (χ2n) is 13.0. The topological polar surface area (TPSA) is 57.3 Å². The molecule has 0 N–H and O–H groups in total. The fraction of sp³-hybridized carbons (Fsp3) is 0.0800. The second kappa shape index (κ2) is 17.6. The van der Waals surface area contributed by atoms with Gasteiger partial charge < -0.3 is 14.7 Å². The van der Waals surface area contributed by atoms with Gasteiger partial charge >= 0.3 is 0 Å². The van der Waals surface area contributed by atoms with Crippen LogP contribution in [0.3, 0.4) is 0 Å². The molecule has 0 aliphatic carbocycles. The summed E-state index contributed by atoms with van der Waals surface area (Å²) in [4.78, 5) is 6.34. The molecule has 0 heterocycles. The van der Waals surface area contributed by atoms with Crippen LogP contribution in [0.25, 0.3) is 6.08 Å². The zero-order valence-electron chi connectivity index (χ0n) is 31.2. The summed E-state index contributed by atoms with van der Waals surface area (Å²) in [5.74, 6) is 19.7. The molecule has 0 aromatic heterocycles. The van der Waals surface area contributed by atoms with Crippen LogP contribution in [-0.2, 0) is 0 Å². The molecule has 0 bridgehead atoms. The quantitative estimate of drug-likeness (QED) is 0.127. The molecular formula is C50H37N5. The summed E-state index contributed by atoms with van der Waals surface area (Å²) in [5.41, 5.74) is 11.6. The molecule has 0 fully saturated rings. The monoisotopic (exact) mass is 707 g/mol. The molecule has 0 aliphatic rings. The molecule has 0 aliphatic heterocycles. The van der Waals surface area contributed by atoms with Gasteiger partial charge in [-0.05, 0) is 145 Å². The van der Waals surface area contributed by atoms with Crippen molar-refractivity contribution in [1.82, 2.24) is 0 Å². The van der Waals surface area contributed by atoms with E-state index in [0.717, 1.165) is 67.4 Å². The first-order valence-electron chi connectivity index (χ1n) is 17.6. The average molecular weight is 708 g/mol. The summed E-state index contributed by atoms with van der Waals surface area (Å²) < 4.78 is 0. The highest BCUT2D eigenvalue weighted by Crippen LogP contribution is 2.35. The Bertz CT molecular complexity index is 2440. The minimum atomic E-state index is 0.0612. The molecule has 6 aromatic carbocycles. The summed E-state index contributed by atoms with van der Waals surface area (Å²) in [6.07, 6.45) is 1.56. The van der Waals surface area contributed by atoms with Gasteiger partial charge in [-0.2, -0.15) is 10.5 Å². The van der Waals surface area contributed by atoms with Gasteiger partial charge in [0.15, 0.2) is 0 Å². The summed E-state index contributed by atoms with van der Waals surface area (Å²) in [6.45, 7) is 0. The molecule has 0 saturated heterocycles. The van der Waals surface area contributed by atoms with Crippen LogP contribution in [0.5, 0.6) is 0 Å². The zero-order chi connectivity index (χ0) is 38.6. The highest BCUT2D eigenvalue weighted by atomic mass is 15.1. The summed E-state index contributed by atoms with van der Waals surface area (Å²) in [5, 5.41) is 18.1. The van der Waals surface area contributed by atoms with Crippen molar-refractivity contribution >= 4 is 34.5 Å². The van der Waals surface area contributed by atoms with E-state index < -0.39 is 0 Å². The average Bonchev–Trinajstić information content (AvgIpc) is 3.22. The fourth-order valence-electron chi connectivity index (χ4n) is 5.57. The SMILES string of the molecule is CN(C)c1ccc(C#Cc2ccc(N(c3ccc(C#Cc4ccc(C=C(C#N)C#N)cc4)cc3)c3ccc(C#Cc4ccc(N(C)C)cc4)cc3)cc2)cc1. The van der Waals surface area contributed by atoms with Crippen LogP contribution in [-0.4, -0.2) is 28.2 Å². The van der Waals surface area contributed by atoms with Gasteiger partial charge in [-0.1, -0.05) is 47.7 Å². The van der Waals surface area contributed by atoms with Crippen LogP contribution in [0.15, 0.2) is 151 Å². The van der Waals surface area contributed by atoms with Crippen LogP contribution in [0, 0.1) is 58.2 Å². The van der Waals surface area contributed by atoms with Gasteiger partial charge in [0.05, 0.1) is 0 Å². The fourth-order valence-corrected chi connectivity index (χ4v) is 5.57. The Balaban J connectivity index is 1.26. The highest BCUT2D eigenvalue weighted by Gasteiger charge is 2.12. The largest absolute Gasteiger partial charge is 0.378 e. The minimum absolute atomic E-state index is 0.0612. The standard InChI is InChI=1S/C50H37N5/c1-53(2)46-25-15-39(16-26-46)7-9-42-21-31-49(32-22-42)55(50-33-23-43(24-34-50)10-8-40-17-27-47(28-18-40)54(3)4)48-29-19-41(20-30-48)6-5-38-11-13-44(14-12-38)35-45(36-51)37-52/h11-35H,1-4H3. The Hall–Kier alpha value is -7.88. The van der Waals surface area contributed by atoms with E-state index in [4.69, 9.17) is 10.5 Å². The van der Waals surface area contributed by atoms with Crippen molar-refractivity contribution in [1.29, 1.82) is 10.5 Å². The lowest BCUT2D eigenvalue weighted by Crippen LogP contribution is -2.10. The maximum Gasteiger partial charge on any atom is 0.130 e. The van der Waals surface area contributed by atoms with Gasteiger partial charge in [0, 0.05) is 90.0 Å². The number of hydrogen-bond acceptors (Lipinski definition) is 5. The molecule has 262 valence electrons. The van der Waals surface area contributed by atoms with Gasteiger partial charge in [0.1, 0.15) is 17.7 Å². The van der Waals surface area contributed by atoms with E-state index in [-0.39, 0.29) is 5.57 Å². The normalized spacial score (nSPS) is 9.71. The van der Waals surface area contributed by atoms with Crippen molar-refractivity contribution in [3.63, 3.8) is 0 Å². The van der Waals surface area contributed by atoms with E-state index in [1.807, 2.05) is 125 Å². The second-order valence-corrected chi connectivity index (χ2v) is 13.0. The first-order chi connectivity index (χ1) is 26.8. The molecule has 0 radical (unpaired) electrons. The number of nitriles is 2. The van der Waals surface area contributed by atoms with Gasteiger partial charge in [-0.25, -0.2) is 0 Å². The van der Waals surface area contributed by atoms with E-state index in [2.05, 4.69) is 111 Å². The first kappa shape index (κ1) is 36.9. The van der Waals surface area contributed by atoms with E-state index in [1.165, 1.54) is 0 Å². The number of benzene rings is 6. The molecule has 0 spiro atoms. The Morgan fingerprint density at radius 2 is 0.600 bits per heavy atom. The van der Waals surface area contributed by atoms with Crippen LogP contribution < -0.4 is 14.7 Å². The third-order valence-corrected chi connectivity index (χ3v) is 8.66. The predicted molar refractivity (Wildman–Crippen MR) is 226 cm³/mol. The van der Waals surface area contributed by atoms with E-state index in [9.17, 15) is 0 Å². The number of hydrogen-bond donors (Lipinski definition) is 0. The Morgan fingerprint density at radius 3 is 0.836 bits per heavy atom.